The molecule has 0 aromatic heterocycles. The van der Waals surface area contributed by atoms with Gasteiger partial charge in [0.25, 0.3) is 0 Å². The highest BCUT2D eigenvalue weighted by Crippen LogP contribution is 2.27. The van der Waals surface area contributed by atoms with Crippen LogP contribution in [-0.4, -0.2) is 50.5 Å². The molecule has 0 heterocycles. The fourth-order valence-corrected chi connectivity index (χ4v) is 5.51. The molecule has 1 unspecified atom stereocenters. The number of rotatable bonds is 12. The zero-order valence-corrected chi connectivity index (χ0v) is 25.4. The summed E-state index contributed by atoms with van der Waals surface area (Å²) in [5.74, 6) is -0.645. The van der Waals surface area contributed by atoms with Crippen molar-refractivity contribution in [2.24, 2.45) is 5.92 Å². The Labute approximate surface area is 247 Å². The standard InChI is InChI=1S/C30H35Cl2N3O4S/c1-21(2)18-33-30(37)28(14-23-8-6-5-7-9-23)34(19-24-12-10-22(3)11-13-24)29(36)20-35(40(4,38)39)27-16-25(31)15-26(32)17-27/h5-13,15-17,21,28H,14,18-20H2,1-4H3,(H,33,37). The van der Waals surface area contributed by atoms with E-state index < -0.39 is 28.5 Å². The van der Waals surface area contributed by atoms with Gasteiger partial charge in [0.1, 0.15) is 12.6 Å². The topological polar surface area (TPSA) is 86.8 Å². The van der Waals surface area contributed by atoms with Crippen molar-refractivity contribution < 1.29 is 18.0 Å². The van der Waals surface area contributed by atoms with Crippen molar-refractivity contribution in [1.29, 1.82) is 0 Å². The fraction of sp³-hybridized carbons (Fsp3) is 0.333. The second-order valence-corrected chi connectivity index (χ2v) is 13.0. The summed E-state index contributed by atoms with van der Waals surface area (Å²) in [7, 11) is -3.92. The van der Waals surface area contributed by atoms with E-state index in [1.165, 1.54) is 23.1 Å². The van der Waals surface area contributed by atoms with E-state index in [2.05, 4.69) is 5.32 Å². The number of amides is 2. The van der Waals surface area contributed by atoms with Gasteiger partial charge in [-0.3, -0.25) is 13.9 Å². The Morgan fingerprint density at radius 3 is 2.05 bits per heavy atom. The quantitative estimate of drug-likeness (QED) is 0.297. The first-order valence-electron chi connectivity index (χ1n) is 12.9. The average Bonchev–Trinajstić information content (AvgIpc) is 2.88. The van der Waals surface area contributed by atoms with E-state index in [-0.39, 0.29) is 40.5 Å². The summed E-state index contributed by atoms with van der Waals surface area (Å²) in [5, 5.41) is 3.43. The number of halogens is 2. The van der Waals surface area contributed by atoms with Gasteiger partial charge in [0.15, 0.2) is 0 Å². The zero-order chi connectivity index (χ0) is 29.4. The lowest BCUT2D eigenvalue weighted by Gasteiger charge is -2.33. The molecule has 10 heteroatoms. The van der Waals surface area contributed by atoms with E-state index in [1.54, 1.807) is 0 Å². The average molecular weight is 605 g/mol. The van der Waals surface area contributed by atoms with Gasteiger partial charge in [-0.05, 0) is 42.2 Å². The molecule has 0 radical (unpaired) electrons. The van der Waals surface area contributed by atoms with Crippen LogP contribution in [0, 0.1) is 12.8 Å². The number of anilines is 1. The molecular formula is C30H35Cl2N3O4S. The molecule has 0 spiro atoms. The number of hydrogen-bond acceptors (Lipinski definition) is 4. The van der Waals surface area contributed by atoms with Gasteiger partial charge in [-0.1, -0.05) is 97.2 Å². The van der Waals surface area contributed by atoms with Gasteiger partial charge in [0.2, 0.25) is 21.8 Å². The van der Waals surface area contributed by atoms with Crippen molar-refractivity contribution in [3.05, 3.63) is 99.5 Å². The van der Waals surface area contributed by atoms with Crippen LogP contribution in [0.5, 0.6) is 0 Å². The predicted molar refractivity (Wildman–Crippen MR) is 162 cm³/mol. The molecule has 0 bridgehead atoms. The maximum Gasteiger partial charge on any atom is 0.244 e. The molecule has 0 fully saturated rings. The lowest BCUT2D eigenvalue weighted by atomic mass is 10.0. The molecule has 2 amide bonds. The molecule has 3 aromatic rings. The summed E-state index contributed by atoms with van der Waals surface area (Å²) >= 11 is 12.3. The molecule has 3 rings (SSSR count). The third-order valence-corrected chi connectivity index (χ3v) is 7.82. The summed E-state index contributed by atoms with van der Waals surface area (Å²) in [6, 6.07) is 20.5. The zero-order valence-electron chi connectivity index (χ0n) is 23.1. The van der Waals surface area contributed by atoms with Gasteiger partial charge < -0.3 is 10.2 Å². The first-order chi connectivity index (χ1) is 18.8. The lowest BCUT2D eigenvalue weighted by Crippen LogP contribution is -2.53. The molecule has 0 aliphatic carbocycles. The van der Waals surface area contributed by atoms with E-state index in [4.69, 9.17) is 23.2 Å². The summed E-state index contributed by atoms with van der Waals surface area (Å²) in [6.45, 7) is 5.95. The molecule has 0 aliphatic heterocycles. The van der Waals surface area contributed by atoms with Crippen LogP contribution >= 0.6 is 23.2 Å². The van der Waals surface area contributed by atoms with Gasteiger partial charge in [-0.25, -0.2) is 8.42 Å². The van der Waals surface area contributed by atoms with Crippen LogP contribution in [0.15, 0.2) is 72.8 Å². The van der Waals surface area contributed by atoms with Crippen molar-refractivity contribution in [2.75, 3.05) is 23.7 Å². The molecule has 0 aliphatic rings. The normalized spacial score (nSPS) is 12.2. The number of nitrogens with zero attached hydrogens (tertiary/aromatic N) is 2. The predicted octanol–water partition coefficient (Wildman–Crippen LogP) is 5.48. The van der Waals surface area contributed by atoms with Crippen molar-refractivity contribution in [3.8, 4) is 0 Å². The monoisotopic (exact) mass is 603 g/mol. The Morgan fingerprint density at radius 1 is 0.900 bits per heavy atom. The molecule has 0 saturated heterocycles. The van der Waals surface area contributed by atoms with Crippen LogP contribution in [0.1, 0.15) is 30.5 Å². The number of carbonyl (C=O) groups excluding carboxylic acids is 2. The third kappa shape index (κ3) is 9.25. The Bertz CT molecular complexity index is 1390. The van der Waals surface area contributed by atoms with E-state index in [0.29, 0.717) is 6.54 Å². The number of nitrogens with one attached hydrogen (secondary N) is 1. The number of hydrogen-bond donors (Lipinski definition) is 1. The first kappa shape index (κ1) is 31.5. The highest BCUT2D eigenvalue weighted by Gasteiger charge is 2.33. The van der Waals surface area contributed by atoms with Crippen LogP contribution in [0.3, 0.4) is 0 Å². The second kappa shape index (κ2) is 14.0. The number of aryl methyl sites for hydroxylation is 1. The maximum atomic E-state index is 14.1. The largest absolute Gasteiger partial charge is 0.354 e. The summed E-state index contributed by atoms with van der Waals surface area (Å²) < 4.78 is 26.7. The Morgan fingerprint density at radius 2 is 1.50 bits per heavy atom. The molecule has 3 aromatic carbocycles. The van der Waals surface area contributed by atoms with Crippen molar-refractivity contribution in [1.82, 2.24) is 10.2 Å². The summed E-state index contributed by atoms with van der Waals surface area (Å²) in [5.41, 5.74) is 2.90. The summed E-state index contributed by atoms with van der Waals surface area (Å²) in [4.78, 5) is 29.1. The van der Waals surface area contributed by atoms with Crippen LogP contribution in [0.4, 0.5) is 5.69 Å². The summed E-state index contributed by atoms with van der Waals surface area (Å²) in [6.07, 6.45) is 1.26. The minimum absolute atomic E-state index is 0.111. The van der Waals surface area contributed by atoms with Crippen molar-refractivity contribution in [3.63, 3.8) is 0 Å². The van der Waals surface area contributed by atoms with Gasteiger partial charge in [-0.2, -0.15) is 0 Å². The van der Waals surface area contributed by atoms with Gasteiger partial charge in [-0.15, -0.1) is 0 Å². The van der Waals surface area contributed by atoms with Crippen molar-refractivity contribution in [2.45, 2.75) is 39.8 Å². The first-order valence-corrected chi connectivity index (χ1v) is 15.5. The van der Waals surface area contributed by atoms with E-state index in [9.17, 15) is 18.0 Å². The van der Waals surface area contributed by atoms with Crippen LogP contribution < -0.4 is 9.62 Å². The fourth-order valence-electron chi connectivity index (χ4n) is 4.16. The highest BCUT2D eigenvalue weighted by atomic mass is 35.5. The Hall–Kier alpha value is -3.07. The Balaban J connectivity index is 2.06. The van der Waals surface area contributed by atoms with Crippen molar-refractivity contribution >= 4 is 50.7 Å². The molecule has 40 heavy (non-hydrogen) atoms. The minimum Gasteiger partial charge on any atom is -0.354 e. The molecule has 1 N–H and O–H groups in total. The molecule has 0 saturated carbocycles. The molecule has 1 atom stereocenters. The highest BCUT2D eigenvalue weighted by molar-refractivity contribution is 7.92. The minimum atomic E-state index is -3.92. The maximum absolute atomic E-state index is 14.1. The van der Waals surface area contributed by atoms with Gasteiger partial charge in [0, 0.05) is 29.6 Å². The van der Waals surface area contributed by atoms with Crippen LogP contribution in [0.25, 0.3) is 0 Å². The van der Waals surface area contributed by atoms with Crippen LogP contribution in [0.2, 0.25) is 10.0 Å². The van der Waals surface area contributed by atoms with Gasteiger partial charge >= 0.3 is 0 Å². The molecule has 7 nitrogen and oxygen atoms in total. The lowest BCUT2D eigenvalue weighted by molar-refractivity contribution is -0.140. The molecule has 214 valence electrons. The number of benzene rings is 3. The SMILES string of the molecule is Cc1ccc(CN(C(=O)CN(c2cc(Cl)cc(Cl)c2)S(C)(=O)=O)C(Cc2ccccc2)C(=O)NCC(C)C)cc1. The van der Waals surface area contributed by atoms with Crippen LogP contribution in [-0.2, 0) is 32.6 Å². The van der Waals surface area contributed by atoms with E-state index >= 15 is 0 Å². The molecular weight excluding hydrogens is 569 g/mol. The Kier molecular flexibility index (Phi) is 11.0. The van der Waals surface area contributed by atoms with Gasteiger partial charge in [0.05, 0.1) is 11.9 Å². The van der Waals surface area contributed by atoms with E-state index in [0.717, 1.165) is 27.3 Å². The smallest absolute Gasteiger partial charge is 0.244 e. The second-order valence-electron chi connectivity index (χ2n) is 10.2. The number of sulfonamides is 1. The van der Waals surface area contributed by atoms with E-state index in [1.807, 2.05) is 75.4 Å². The number of carbonyl (C=O) groups is 2. The third-order valence-electron chi connectivity index (χ3n) is 6.24.